The molecule has 0 unspecified atom stereocenters. The summed E-state index contributed by atoms with van der Waals surface area (Å²) in [5, 5.41) is 0. The lowest BCUT2D eigenvalue weighted by Gasteiger charge is -1.99. The second kappa shape index (κ2) is 3.26. The van der Waals surface area contributed by atoms with E-state index in [2.05, 4.69) is 13.5 Å². The van der Waals surface area contributed by atoms with Gasteiger partial charge in [0.2, 0.25) is 5.95 Å². The van der Waals surface area contributed by atoms with Crippen molar-refractivity contribution in [2.45, 2.75) is 6.92 Å². The van der Waals surface area contributed by atoms with Crippen LogP contribution in [0.15, 0.2) is 6.07 Å². The first-order valence-electron chi connectivity index (χ1n) is 3.61. The zero-order valence-electron chi connectivity index (χ0n) is 6.84. The maximum absolute atomic E-state index is 5.55. The quantitative estimate of drug-likeness (QED) is 0.627. The van der Waals surface area contributed by atoms with Crippen molar-refractivity contribution in [1.82, 2.24) is 9.97 Å². The van der Waals surface area contributed by atoms with Crippen LogP contribution < -0.4 is 9.26 Å². The number of aromatic nitrogens is 2. The summed E-state index contributed by atoms with van der Waals surface area (Å²) in [6, 6.07) is 2.01. The minimum atomic E-state index is 0.310. The highest BCUT2D eigenvalue weighted by molar-refractivity contribution is 14.1. The standard InChI is InChI=1S/C7H7IN4S/c1-3-2-4-5(13-3)6(12-8)11-7(9)10-4/h2H,1H3,(H3,9,10,11,12). The van der Waals surface area contributed by atoms with E-state index in [1.165, 1.54) is 4.88 Å². The third kappa shape index (κ3) is 1.55. The van der Waals surface area contributed by atoms with Gasteiger partial charge in [0.05, 0.1) is 33.1 Å². The fraction of sp³-hybridized carbons (Fsp3) is 0.143. The van der Waals surface area contributed by atoms with Gasteiger partial charge in [-0.1, -0.05) is 0 Å². The number of fused-ring (bicyclic) bond motifs is 1. The number of halogens is 1. The zero-order valence-corrected chi connectivity index (χ0v) is 9.81. The fourth-order valence-corrected chi connectivity index (χ4v) is 2.60. The molecule has 0 atom stereocenters. The van der Waals surface area contributed by atoms with Gasteiger partial charge in [-0.25, -0.2) is 4.98 Å². The van der Waals surface area contributed by atoms with Crippen LogP contribution >= 0.6 is 34.2 Å². The number of hydrogen-bond donors (Lipinski definition) is 2. The monoisotopic (exact) mass is 306 g/mol. The Kier molecular flexibility index (Phi) is 2.24. The van der Waals surface area contributed by atoms with Crippen LogP contribution in [0.3, 0.4) is 0 Å². The minimum absolute atomic E-state index is 0.310. The molecule has 0 saturated carbocycles. The van der Waals surface area contributed by atoms with Gasteiger partial charge in [-0.15, -0.1) is 11.3 Å². The summed E-state index contributed by atoms with van der Waals surface area (Å²) in [5.74, 6) is 1.10. The lowest BCUT2D eigenvalue weighted by molar-refractivity contribution is 1.25. The molecule has 0 bridgehead atoms. The second-order valence-corrected chi connectivity index (χ2v) is 4.39. The molecule has 6 heteroatoms. The molecule has 2 aromatic rings. The van der Waals surface area contributed by atoms with Crippen molar-refractivity contribution in [1.29, 1.82) is 0 Å². The molecule has 0 saturated heterocycles. The van der Waals surface area contributed by atoms with Crippen molar-refractivity contribution >= 4 is 56.2 Å². The van der Waals surface area contributed by atoms with Crippen molar-refractivity contribution in [3.8, 4) is 0 Å². The van der Waals surface area contributed by atoms with E-state index in [1.54, 1.807) is 11.3 Å². The molecule has 2 aromatic heterocycles. The molecule has 0 aliphatic heterocycles. The zero-order chi connectivity index (χ0) is 9.42. The lowest BCUT2D eigenvalue weighted by Crippen LogP contribution is -1.96. The smallest absolute Gasteiger partial charge is 0.222 e. The maximum atomic E-state index is 5.55. The molecule has 4 nitrogen and oxygen atoms in total. The number of nitrogens with one attached hydrogen (secondary N) is 1. The first-order chi connectivity index (χ1) is 6.20. The van der Waals surface area contributed by atoms with Crippen LogP contribution in [0.4, 0.5) is 11.8 Å². The van der Waals surface area contributed by atoms with Crippen molar-refractivity contribution in [2.75, 3.05) is 9.26 Å². The fourth-order valence-electron chi connectivity index (χ4n) is 1.13. The number of nitrogens with two attached hydrogens (primary N) is 1. The molecule has 0 spiro atoms. The summed E-state index contributed by atoms with van der Waals surface area (Å²) in [6.07, 6.45) is 0. The molecule has 0 aliphatic carbocycles. The van der Waals surface area contributed by atoms with E-state index in [1.807, 2.05) is 35.9 Å². The van der Waals surface area contributed by atoms with Crippen LogP contribution in [0.25, 0.3) is 10.2 Å². The van der Waals surface area contributed by atoms with Crippen LogP contribution in [0.5, 0.6) is 0 Å². The predicted octanol–water partition coefficient (Wildman–Crippen LogP) is 2.34. The van der Waals surface area contributed by atoms with Gasteiger partial charge in [-0.3, -0.25) is 0 Å². The topological polar surface area (TPSA) is 63.8 Å². The van der Waals surface area contributed by atoms with E-state index in [0.717, 1.165) is 16.0 Å². The number of nitrogen functional groups attached to an aromatic ring is 1. The van der Waals surface area contributed by atoms with Gasteiger partial charge in [0.1, 0.15) is 0 Å². The Morgan fingerprint density at radius 3 is 3.00 bits per heavy atom. The van der Waals surface area contributed by atoms with Gasteiger partial charge < -0.3 is 9.26 Å². The van der Waals surface area contributed by atoms with Crippen LogP contribution in [0.2, 0.25) is 0 Å². The average molecular weight is 306 g/mol. The van der Waals surface area contributed by atoms with Crippen LogP contribution in [-0.2, 0) is 0 Å². The molecule has 0 aromatic carbocycles. The minimum Gasteiger partial charge on any atom is -0.368 e. The van der Waals surface area contributed by atoms with Crippen molar-refractivity contribution in [3.63, 3.8) is 0 Å². The Labute approximate surface area is 93.1 Å². The van der Waals surface area contributed by atoms with Crippen LogP contribution in [-0.4, -0.2) is 9.97 Å². The van der Waals surface area contributed by atoms with Gasteiger partial charge in [0, 0.05) is 4.88 Å². The summed E-state index contributed by atoms with van der Waals surface area (Å²) >= 11 is 3.70. The highest BCUT2D eigenvalue weighted by Gasteiger charge is 2.07. The summed E-state index contributed by atoms with van der Waals surface area (Å²) in [4.78, 5) is 9.44. The summed E-state index contributed by atoms with van der Waals surface area (Å²) in [6.45, 7) is 2.04. The normalized spacial score (nSPS) is 10.6. The number of anilines is 2. The van der Waals surface area contributed by atoms with E-state index in [9.17, 15) is 0 Å². The van der Waals surface area contributed by atoms with Gasteiger partial charge in [-0.05, 0) is 13.0 Å². The van der Waals surface area contributed by atoms with E-state index in [0.29, 0.717) is 5.95 Å². The molecule has 0 fully saturated rings. The Bertz CT molecular complexity index is 453. The lowest BCUT2D eigenvalue weighted by atomic mass is 10.4. The summed E-state index contributed by atoms with van der Waals surface area (Å²) < 4.78 is 4.03. The van der Waals surface area contributed by atoms with Crippen molar-refractivity contribution < 1.29 is 0 Å². The Morgan fingerprint density at radius 1 is 1.54 bits per heavy atom. The Morgan fingerprint density at radius 2 is 2.31 bits per heavy atom. The molecule has 0 aliphatic rings. The molecule has 0 amide bonds. The number of rotatable bonds is 1. The molecular weight excluding hydrogens is 299 g/mol. The van der Waals surface area contributed by atoms with Gasteiger partial charge in [-0.2, -0.15) is 4.98 Å². The second-order valence-electron chi connectivity index (χ2n) is 2.60. The van der Waals surface area contributed by atoms with E-state index < -0.39 is 0 Å². The van der Waals surface area contributed by atoms with Crippen LogP contribution in [0.1, 0.15) is 4.88 Å². The third-order valence-corrected chi connectivity index (χ3v) is 3.16. The molecule has 2 rings (SSSR count). The first-order valence-corrected chi connectivity index (χ1v) is 5.50. The average Bonchev–Trinajstić information content (AvgIpc) is 2.43. The third-order valence-electron chi connectivity index (χ3n) is 1.60. The molecule has 13 heavy (non-hydrogen) atoms. The summed E-state index contributed by atoms with van der Waals surface area (Å²) in [5.41, 5.74) is 6.46. The summed E-state index contributed by atoms with van der Waals surface area (Å²) in [7, 11) is 0. The predicted molar refractivity (Wildman–Crippen MR) is 64.2 cm³/mol. The molecule has 3 N–H and O–H groups in total. The SMILES string of the molecule is Cc1cc2nc(N)nc(NI)c2s1. The van der Waals surface area contributed by atoms with E-state index >= 15 is 0 Å². The number of nitrogens with zero attached hydrogens (tertiary/aromatic N) is 2. The van der Waals surface area contributed by atoms with Crippen LogP contribution in [0, 0.1) is 6.92 Å². The highest BCUT2D eigenvalue weighted by atomic mass is 127. The maximum Gasteiger partial charge on any atom is 0.222 e. The van der Waals surface area contributed by atoms with Gasteiger partial charge >= 0.3 is 0 Å². The van der Waals surface area contributed by atoms with Crippen molar-refractivity contribution in [3.05, 3.63) is 10.9 Å². The number of thiophene rings is 1. The molecular formula is C7H7IN4S. The first kappa shape index (κ1) is 8.95. The van der Waals surface area contributed by atoms with Gasteiger partial charge in [0.25, 0.3) is 0 Å². The largest absolute Gasteiger partial charge is 0.368 e. The number of aryl methyl sites for hydroxylation is 1. The van der Waals surface area contributed by atoms with E-state index in [4.69, 9.17) is 5.73 Å². The Balaban J connectivity index is 2.80. The molecule has 68 valence electrons. The highest BCUT2D eigenvalue weighted by Crippen LogP contribution is 2.30. The molecule has 0 radical (unpaired) electrons. The van der Waals surface area contributed by atoms with E-state index in [-0.39, 0.29) is 0 Å². The van der Waals surface area contributed by atoms with Crippen molar-refractivity contribution in [2.24, 2.45) is 0 Å². The molecule has 2 heterocycles. The Hall–Kier alpha value is -0.630. The number of hydrogen-bond acceptors (Lipinski definition) is 5. The van der Waals surface area contributed by atoms with Gasteiger partial charge in [0.15, 0.2) is 5.82 Å².